The third-order valence-corrected chi connectivity index (χ3v) is 3.81. The number of hydrogen-bond acceptors (Lipinski definition) is 3. The molecule has 1 aromatic rings. The fraction of sp³-hybridized carbons (Fsp3) is 0.462. The molecule has 0 saturated carbocycles. The topological polar surface area (TPSA) is 49.3 Å². The van der Waals surface area contributed by atoms with Crippen LogP contribution in [0.25, 0.3) is 0 Å². The summed E-state index contributed by atoms with van der Waals surface area (Å²) in [4.78, 5) is 12.6. The molecule has 100 valence electrons. The van der Waals surface area contributed by atoms with Gasteiger partial charge in [0.05, 0.1) is 17.2 Å². The normalized spacial score (nSPS) is 11.3. The fourth-order valence-corrected chi connectivity index (χ4v) is 2.48. The average Bonchev–Trinajstić information content (AvgIpc) is 2.31. The summed E-state index contributed by atoms with van der Waals surface area (Å²) in [6.45, 7) is 3.49. The monoisotopic (exact) mass is 287 g/mol. The zero-order valence-electron chi connectivity index (χ0n) is 10.6. The van der Waals surface area contributed by atoms with Gasteiger partial charge < -0.3 is 10.4 Å². The molecule has 5 heteroatoms. The number of nitrogens with one attached hydrogen (secondary N) is 1. The van der Waals surface area contributed by atoms with Gasteiger partial charge in [-0.1, -0.05) is 23.7 Å². The van der Waals surface area contributed by atoms with Gasteiger partial charge in [-0.05, 0) is 26.0 Å². The van der Waals surface area contributed by atoms with Crippen LogP contribution in [0, 0.1) is 0 Å². The predicted octanol–water partition coefficient (Wildman–Crippen LogP) is 2.71. The number of halogens is 1. The number of aliphatic hydroxyl groups excluding tert-OH is 1. The number of carbonyl (C=O) groups is 1. The van der Waals surface area contributed by atoms with Crippen LogP contribution in [0.15, 0.2) is 29.2 Å². The minimum Gasteiger partial charge on any atom is -0.394 e. The first-order valence-electron chi connectivity index (χ1n) is 5.74. The van der Waals surface area contributed by atoms with Crippen LogP contribution in [0.5, 0.6) is 0 Å². The van der Waals surface area contributed by atoms with E-state index in [0.717, 1.165) is 4.90 Å². The van der Waals surface area contributed by atoms with Gasteiger partial charge in [-0.25, -0.2) is 0 Å². The lowest BCUT2D eigenvalue weighted by atomic mass is 10.1. The van der Waals surface area contributed by atoms with Gasteiger partial charge in [-0.15, -0.1) is 11.8 Å². The summed E-state index contributed by atoms with van der Waals surface area (Å²) in [5, 5.41) is 12.5. The largest absolute Gasteiger partial charge is 0.394 e. The van der Waals surface area contributed by atoms with Crippen LogP contribution in [0.3, 0.4) is 0 Å². The zero-order valence-corrected chi connectivity index (χ0v) is 12.1. The van der Waals surface area contributed by atoms with Crippen molar-refractivity contribution in [2.45, 2.75) is 30.7 Å². The van der Waals surface area contributed by atoms with E-state index in [2.05, 4.69) is 5.32 Å². The minimum atomic E-state index is -0.563. The van der Waals surface area contributed by atoms with E-state index < -0.39 is 5.54 Å². The number of thioether (sulfide) groups is 1. The molecule has 0 fully saturated rings. The fourth-order valence-electron chi connectivity index (χ4n) is 1.29. The highest BCUT2D eigenvalue weighted by Crippen LogP contribution is 2.26. The standard InChI is InChI=1S/C13H18ClNO2S/c1-13(2,9-16)15-12(17)7-8-18-11-6-4-3-5-10(11)14/h3-6,16H,7-9H2,1-2H3,(H,15,17). The molecule has 0 spiro atoms. The van der Waals surface area contributed by atoms with E-state index in [1.165, 1.54) is 0 Å². The molecule has 0 aromatic heterocycles. The van der Waals surface area contributed by atoms with Gasteiger partial charge in [0, 0.05) is 17.1 Å². The van der Waals surface area contributed by atoms with E-state index in [-0.39, 0.29) is 12.5 Å². The summed E-state index contributed by atoms with van der Waals surface area (Å²) in [5.74, 6) is 0.602. The second-order valence-corrected chi connectivity index (χ2v) is 6.16. The summed E-state index contributed by atoms with van der Waals surface area (Å²) < 4.78 is 0. The number of aliphatic hydroxyl groups is 1. The molecule has 1 rings (SSSR count). The summed E-state index contributed by atoms with van der Waals surface area (Å²) in [6, 6.07) is 7.56. The first-order valence-corrected chi connectivity index (χ1v) is 7.10. The van der Waals surface area contributed by atoms with E-state index in [1.807, 2.05) is 24.3 Å². The maximum absolute atomic E-state index is 11.6. The number of benzene rings is 1. The molecule has 0 heterocycles. The molecule has 18 heavy (non-hydrogen) atoms. The average molecular weight is 288 g/mol. The van der Waals surface area contributed by atoms with E-state index in [9.17, 15) is 4.79 Å². The Morgan fingerprint density at radius 1 is 1.44 bits per heavy atom. The van der Waals surface area contributed by atoms with Crippen molar-refractivity contribution in [2.24, 2.45) is 0 Å². The van der Waals surface area contributed by atoms with E-state index in [4.69, 9.17) is 16.7 Å². The number of amides is 1. The molecular weight excluding hydrogens is 270 g/mol. The Bertz CT molecular complexity index is 410. The lowest BCUT2D eigenvalue weighted by Gasteiger charge is -2.23. The van der Waals surface area contributed by atoms with Crippen molar-refractivity contribution in [2.75, 3.05) is 12.4 Å². The van der Waals surface area contributed by atoms with Crippen LogP contribution in [0.1, 0.15) is 20.3 Å². The van der Waals surface area contributed by atoms with Gasteiger partial charge in [-0.3, -0.25) is 4.79 Å². The zero-order chi connectivity index (χ0) is 13.6. The van der Waals surface area contributed by atoms with E-state index in [0.29, 0.717) is 17.2 Å². The molecular formula is C13H18ClNO2S. The van der Waals surface area contributed by atoms with Gasteiger partial charge in [0.1, 0.15) is 0 Å². The van der Waals surface area contributed by atoms with E-state index in [1.54, 1.807) is 25.6 Å². The van der Waals surface area contributed by atoms with Crippen LogP contribution in [0.4, 0.5) is 0 Å². The number of rotatable bonds is 6. The second kappa shape index (κ2) is 7.02. The first kappa shape index (κ1) is 15.3. The predicted molar refractivity (Wildman–Crippen MR) is 76.1 cm³/mol. The van der Waals surface area contributed by atoms with Crippen molar-refractivity contribution in [3.05, 3.63) is 29.3 Å². The van der Waals surface area contributed by atoms with Crippen molar-refractivity contribution in [1.29, 1.82) is 0 Å². The highest BCUT2D eigenvalue weighted by molar-refractivity contribution is 7.99. The minimum absolute atomic E-state index is 0.0615. The third-order valence-electron chi connectivity index (χ3n) is 2.30. The molecule has 3 nitrogen and oxygen atoms in total. The van der Waals surface area contributed by atoms with Crippen LogP contribution < -0.4 is 5.32 Å². The van der Waals surface area contributed by atoms with Crippen molar-refractivity contribution in [3.63, 3.8) is 0 Å². The van der Waals surface area contributed by atoms with Crippen molar-refractivity contribution >= 4 is 29.3 Å². The van der Waals surface area contributed by atoms with Crippen molar-refractivity contribution in [1.82, 2.24) is 5.32 Å². The van der Waals surface area contributed by atoms with Gasteiger partial charge in [-0.2, -0.15) is 0 Å². The highest BCUT2D eigenvalue weighted by Gasteiger charge is 2.18. The van der Waals surface area contributed by atoms with E-state index >= 15 is 0 Å². The lowest BCUT2D eigenvalue weighted by molar-refractivity contribution is -0.122. The van der Waals surface area contributed by atoms with Crippen LogP contribution in [-0.2, 0) is 4.79 Å². The molecule has 0 aliphatic rings. The Morgan fingerprint density at radius 3 is 2.72 bits per heavy atom. The summed E-state index contributed by atoms with van der Waals surface area (Å²) >= 11 is 7.57. The van der Waals surface area contributed by atoms with Gasteiger partial charge >= 0.3 is 0 Å². The Kier molecular flexibility index (Phi) is 5.99. The molecule has 0 saturated heterocycles. The van der Waals surface area contributed by atoms with Crippen LogP contribution >= 0.6 is 23.4 Å². The Labute approximate surface area is 117 Å². The quantitative estimate of drug-likeness (QED) is 0.791. The molecule has 1 aromatic carbocycles. The third kappa shape index (κ3) is 5.29. The summed E-state index contributed by atoms with van der Waals surface area (Å²) in [6.07, 6.45) is 0.402. The Morgan fingerprint density at radius 2 is 2.11 bits per heavy atom. The highest BCUT2D eigenvalue weighted by atomic mass is 35.5. The summed E-state index contributed by atoms with van der Waals surface area (Å²) in [7, 11) is 0. The summed E-state index contributed by atoms with van der Waals surface area (Å²) in [5.41, 5.74) is -0.563. The smallest absolute Gasteiger partial charge is 0.221 e. The van der Waals surface area contributed by atoms with Gasteiger partial charge in [0.2, 0.25) is 5.91 Å². The maximum Gasteiger partial charge on any atom is 0.221 e. The molecule has 0 radical (unpaired) electrons. The Hall–Kier alpha value is -0.710. The Balaban J connectivity index is 2.34. The second-order valence-electron chi connectivity index (χ2n) is 4.62. The maximum atomic E-state index is 11.6. The lowest BCUT2D eigenvalue weighted by Crippen LogP contribution is -2.46. The molecule has 1 amide bonds. The number of carbonyl (C=O) groups excluding carboxylic acids is 1. The SMILES string of the molecule is CC(C)(CO)NC(=O)CCSc1ccccc1Cl. The van der Waals surface area contributed by atoms with Crippen LogP contribution in [-0.4, -0.2) is 28.9 Å². The van der Waals surface area contributed by atoms with Gasteiger partial charge in [0.15, 0.2) is 0 Å². The van der Waals surface area contributed by atoms with Crippen molar-refractivity contribution < 1.29 is 9.90 Å². The van der Waals surface area contributed by atoms with Gasteiger partial charge in [0.25, 0.3) is 0 Å². The first-order chi connectivity index (χ1) is 8.44. The molecule has 0 unspecified atom stereocenters. The molecule has 0 aliphatic heterocycles. The van der Waals surface area contributed by atoms with Crippen molar-refractivity contribution in [3.8, 4) is 0 Å². The number of hydrogen-bond donors (Lipinski definition) is 2. The molecule has 2 N–H and O–H groups in total. The van der Waals surface area contributed by atoms with Crippen LogP contribution in [0.2, 0.25) is 5.02 Å². The molecule has 0 atom stereocenters. The molecule has 0 bridgehead atoms. The molecule has 0 aliphatic carbocycles.